The lowest BCUT2D eigenvalue weighted by molar-refractivity contribution is -0.184. The molecule has 0 radical (unpaired) electrons. The molecule has 2 aromatic rings. The van der Waals surface area contributed by atoms with Crippen LogP contribution in [-0.4, -0.2) is 53.2 Å². The number of fused-ring (bicyclic) bond motifs is 6. The third-order valence-corrected chi connectivity index (χ3v) is 11.8. The molecule has 0 unspecified atom stereocenters. The zero-order valence-electron chi connectivity index (χ0n) is 25.0. The van der Waals surface area contributed by atoms with Crippen molar-refractivity contribution in [2.45, 2.75) is 83.3 Å². The van der Waals surface area contributed by atoms with E-state index in [1.54, 1.807) is 20.1 Å². The van der Waals surface area contributed by atoms with Gasteiger partial charge in [-0.1, -0.05) is 43.7 Å². The smallest absolute Gasteiger partial charge is 0.313 e. The summed E-state index contributed by atoms with van der Waals surface area (Å²) in [6.07, 6.45) is 5.29. The minimum Gasteiger partial charge on any atom is -0.497 e. The summed E-state index contributed by atoms with van der Waals surface area (Å²) in [6, 6.07) is 11.5. The quantitative estimate of drug-likeness (QED) is 0.451. The number of methoxy groups -OCH3 is 1. The van der Waals surface area contributed by atoms with Gasteiger partial charge in [0.15, 0.2) is 12.4 Å². The number of benzene rings is 2. The van der Waals surface area contributed by atoms with Gasteiger partial charge in [0.25, 0.3) is 0 Å². The zero-order chi connectivity index (χ0) is 30.0. The fourth-order valence-corrected chi connectivity index (χ4v) is 9.31. The van der Waals surface area contributed by atoms with Crippen LogP contribution in [0, 0.1) is 28.6 Å². The van der Waals surface area contributed by atoms with Crippen molar-refractivity contribution in [3.63, 3.8) is 0 Å². The van der Waals surface area contributed by atoms with Crippen LogP contribution in [-0.2, 0) is 19.1 Å². The van der Waals surface area contributed by atoms with E-state index in [0.717, 1.165) is 46.9 Å². The number of carbonyl (C=O) groups is 3. The fourth-order valence-electron chi connectivity index (χ4n) is 9.31. The molecule has 4 aliphatic rings. The van der Waals surface area contributed by atoms with Gasteiger partial charge in [-0.2, -0.15) is 0 Å². The Hall–Kier alpha value is -3.03. The van der Waals surface area contributed by atoms with Crippen molar-refractivity contribution < 1.29 is 34.1 Å². The molecular weight excluding hydrogens is 532 g/mol. The average Bonchev–Trinajstić information content (AvgIpc) is 3.25. The van der Waals surface area contributed by atoms with E-state index in [2.05, 4.69) is 6.92 Å². The monoisotopic (exact) mass is 574 g/mol. The molecule has 0 aliphatic heterocycles. The first-order valence-corrected chi connectivity index (χ1v) is 15.3. The third-order valence-electron chi connectivity index (χ3n) is 11.8. The molecule has 42 heavy (non-hydrogen) atoms. The zero-order valence-corrected chi connectivity index (χ0v) is 25.0. The molecule has 3 fully saturated rings. The van der Waals surface area contributed by atoms with Crippen molar-refractivity contribution in [1.29, 1.82) is 0 Å². The van der Waals surface area contributed by atoms with Gasteiger partial charge >= 0.3 is 5.97 Å². The van der Waals surface area contributed by atoms with Crippen LogP contribution in [0.2, 0.25) is 0 Å². The first-order valence-electron chi connectivity index (χ1n) is 15.3. The molecule has 7 heteroatoms. The van der Waals surface area contributed by atoms with Crippen LogP contribution in [0.1, 0.15) is 77.2 Å². The summed E-state index contributed by atoms with van der Waals surface area (Å²) < 4.78 is 10.8. The Labute approximate surface area is 247 Å². The molecule has 0 aromatic heterocycles. The Balaban J connectivity index is 1.16. The van der Waals surface area contributed by atoms with Crippen molar-refractivity contribution in [3.8, 4) is 5.75 Å². The number of carbonyl (C=O) groups excluding carboxylic acids is 3. The summed E-state index contributed by atoms with van der Waals surface area (Å²) in [5.74, 6) is -0.439. The van der Waals surface area contributed by atoms with E-state index in [1.807, 2.05) is 43.3 Å². The highest BCUT2D eigenvalue weighted by Gasteiger charge is 2.68. The normalized spacial score (nSPS) is 36.3. The number of ether oxygens (including phenoxy) is 2. The van der Waals surface area contributed by atoms with Crippen LogP contribution < -0.4 is 4.74 Å². The maximum absolute atomic E-state index is 13.7. The minimum absolute atomic E-state index is 0.00263. The number of ketones is 2. The maximum atomic E-state index is 13.7. The number of hydrogen-bond donors (Lipinski definition) is 2. The van der Waals surface area contributed by atoms with Crippen molar-refractivity contribution >= 4 is 28.3 Å². The number of rotatable bonds is 6. The lowest BCUT2D eigenvalue weighted by Crippen LogP contribution is -2.62. The highest BCUT2D eigenvalue weighted by Crippen LogP contribution is 2.67. The first kappa shape index (κ1) is 29.1. The summed E-state index contributed by atoms with van der Waals surface area (Å²) in [5.41, 5.74) is -0.789. The third kappa shape index (κ3) is 4.34. The van der Waals surface area contributed by atoms with Gasteiger partial charge in [0, 0.05) is 11.8 Å². The van der Waals surface area contributed by atoms with Crippen LogP contribution in [0.25, 0.3) is 10.8 Å². The molecule has 0 heterocycles. The summed E-state index contributed by atoms with van der Waals surface area (Å²) in [7, 11) is 1.62. The van der Waals surface area contributed by atoms with Crippen LogP contribution in [0.4, 0.5) is 0 Å². The van der Waals surface area contributed by atoms with Gasteiger partial charge < -0.3 is 19.7 Å². The molecule has 6 rings (SSSR count). The van der Waals surface area contributed by atoms with E-state index in [1.165, 1.54) is 0 Å². The highest BCUT2D eigenvalue weighted by molar-refractivity contribution is 5.93. The molecule has 2 aromatic carbocycles. The fraction of sp³-hybridized carbons (Fsp3) is 0.571. The van der Waals surface area contributed by atoms with Gasteiger partial charge in [-0.05, 0) is 103 Å². The van der Waals surface area contributed by atoms with E-state index in [-0.39, 0.29) is 29.0 Å². The number of aliphatic hydroxyl groups excluding tert-OH is 1. The minimum atomic E-state index is -1.67. The van der Waals surface area contributed by atoms with Gasteiger partial charge in [-0.3, -0.25) is 14.4 Å². The first-order chi connectivity index (χ1) is 19.9. The van der Waals surface area contributed by atoms with Crippen LogP contribution in [0.15, 0.2) is 48.0 Å². The Morgan fingerprint density at radius 2 is 1.79 bits per heavy atom. The number of esters is 1. The second-order valence-corrected chi connectivity index (χ2v) is 13.7. The van der Waals surface area contributed by atoms with Crippen LogP contribution >= 0.6 is 0 Å². The Morgan fingerprint density at radius 1 is 1.05 bits per heavy atom. The van der Waals surface area contributed by atoms with Crippen molar-refractivity contribution in [2.75, 3.05) is 13.7 Å². The Kier molecular flexibility index (Phi) is 7.13. The van der Waals surface area contributed by atoms with Crippen LogP contribution in [0.5, 0.6) is 5.75 Å². The van der Waals surface area contributed by atoms with E-state index >= 15 is 0 Å². The molecule has 0 saturated heterocycles. The van der Waals surface area contributed by atoms with Crippen molar-refractivity contribution in [2.24, 2.45) is 28.6 Å². The van der Waals surface area contributed by atoms with E-state index < -0.39 is 41.4 Å². The largest absolute Gasteiger partial charge is 0.497 e. The molecule has 2 N–H and O–H groups in total. The second-order valence-electron chi connectivity index (χ2n) is 13.7. The second kappa shape index (κ2) is 10.3. The average molecular weight is 575 g/mol. The van der Waals surface area contributed by atoms with Gasteiger partial charge in [-0.15, -0.1) is 0 Å². The molecule has 0 amide bonds. The summed E-state index contributed by atoms with van der Waals surface area (Å²) in [4.78, 5) is 38.9. The number of hydrogen-bond acceptors (Lipinski definition) is 7. The summed E-state index contributed by atoms with van der Waals surface area (Å²) in [6.45, 7) is 5.38. The summed E-state index contributed by atoms with van der Waals surface area (Å²) >= 11 is 0. The topological polar surface area (TPSA) is 110 Å². The van der Waals surface area contributed by atoms with Crippen molar-refractivity contribution in [1.82, 2.24) is 0 Å². The molecule has 8 atom stereocenters. The Morgan fingerprint density at radius 3 is 2.55 bits per heavy atom. The maximum Gasteiger partial charge on any atom is 0.313 e. The number of Topliss-reactive ketones (excluding diaryl/α,β-unsaturated/α-hetero) is 1. The van der Waals surface area contributed by atoms with Crippen LogP contribution in [0.3, 0.4) is 0 Å². The highest BCUT2D eigenvalue weighted by atomic mass is 16.5. The predicted octanol–water partition coefficient (Wildman–Crippen LogP) is 5.30. The number of allylic oxidation sites excluding steroid dienone is 1. The molecule has 0 spiro atoms. The molecule has 7 nitrogen and oxygen atoms in total. The van der Waals surface area contributed by atoms with E-state index in [0.29, 0.717) is 25.7 Å². The lowest BCUT2D eigenvalue weighted by Gasteiger charge is -2.60. The molecule has 4 aliphatic carbocycles. The molecular formula is C35H42O7. The molecule has 3 saturated carbocycles. The van der Waals surface area contributed by atoms with Gasteiger partial charge in [-0.25, -0.2) is 0 Å². The van der Waals surface area contributed by atoms with Gasteiger partial charge in [0.2, 0.25) is 5.78 Å². The predicted molar refractivity (Wildman–Crippen MR) is 158 cm³/mol. The SMILES string of the molecule is COc1ccc2cc([C@H](C)C(=O)OCC(=O)[C@@]3(O)CC[C@H]4[C@@H]5CCC6=CC(=O)CC[C@]6(C)[C@H]5[C@H](O)C[C@@]43C)ccc2c1. The standard InChI is InChI=1S/C35H42O7/c1-20(21-5-6-23-16-26(41-4)9-7-22(23)15-21)32(39)42-19-30(38)35(40)14-12-28-27-10-8-24-17-25(36)11-13-33(24,2)31(27)29(37)18-34(28,35)3/h5-7,9,15-17,20,27-29,31,37,40H,8,10-14,18-19H2,1-4H3/t20-,27-,28-,29+,31+,33-,34-,35-/m0/s1. The summed E-state index contributed by atoms with van der Waals surface area (Å²) in [5, 5.41) is 25.5. The van der Waals surface area contributed by atoms with Gasteiger partial charge in [0.1, 0.15) is 11.4 Å². The van der Waals surface area contributed by atoms with Gasteiger partial charge in [0.05, 0.1) is 19.1 Å². The van der Waals surface area contributed by atoms with E-state index in [4.69, 9.17) is 9.47 Å². The van der Waals surface area contributed by atoms with Crippen molar-refractivity contribution in [3.05, 3.63) is 53.6 Å². The van der Waals surface area contributed by atoms with E-state index in [9.17, 15) is 24.6 Å². The molecule has 224 valence electrons. The lowest BCUT2D eigenvalue weighted by atomic mass is 9.45. The Bertz CT molecular complexity index is 1480. The molecule has 0 bridgehead atoms. The number of aliphatic hydroxyl groups is 2.